The number of methoxy groups -OCH3 is 1. The third-order valence-corrected chi connectivity index (χ3v) is 3.84. The molecule has 2 N–H and O–H groups in total. The van der Waals surface area contributed by atoms with Crippen LogP contribution in [-0.2, 0) is 6.54 Å². The second kappa shape index (κ2) is 6.87. The van der Waals surface area contributed by atoms with E-state index in [2.05, 4.69) is 38.8 Å². The van der Waals surface area contributed by atoms with Gasteiger partial charge in [0.05, 0.1) is 12.7 Å². The van der Waals surface area contributed by atoms with Gasteiger partial charge in [-0.2, -0.15) is 0 Å². The van der Waals surface area contributed by atoms with Crippen LogP contribution in [0.2, 0.25) is 0 Å². The van der Waals surface area contributed by atoms with Gasteiger partial charge in [-0.05, 0) is 37.6 Å². The van der Waals surface area contributed by atoms with E-state index in [9.17, 15) is 0 Å². The van der Waals surface area contributed by atoms with E-state index in [4.69, 9.17) is 22.7 Å². The Labute approximate surface area is 121 Å². The highest BCUT2D eigenvalue weighted by atomic mass is 32.1. The maximum absolute atomic E-state index is 5.67. The minimum Gasteiger partial charge on any atom is -0.496 e. The van der Waals surface area contributed by atoms with Crippen LogP contribution in [0.1, 0.15) is 31.9 Å². The first kappa shape index (κ1) is 15.9. The monoisotopic (exact) mass is 280 g/mol. The van der Waals surface area contributed by atoms with Gasteiger partial charge in [0.1, 0.15) is 10.7 Å². The number of benzene rings is 1. The Balaban J connectivity index is 2.89. The van der Waals surface area contributed by atoms with Crippen LogP contribution < -0.4 is 10.5 Å². The van der Waals surface area contributed by atoms with Gasteiger partial charge >= 0.3 is 0 Å². The summed E-state index contributed by atoms with van der Waals surface area (Å²) in [4.78, 5) is 2.70. The molecule has 1 rings (SSSR count). The Kier molecular flexibility index (Phi) is 5.76. The number of nitrogens with zero attached hydrogens (tertiary/aromatic N) is 1. The van der Waals surface area contributed by atoms with Crippen molar-refractivity contribution in [2.75, 3.05) is 14.2 Å². The number of hydrogen-bond acceptors (Lipinski definition) is 3. The number of ether oxygens (including phenoxy) is 1. The third-order valence-electron chi connectivity index (χ3n) is 3.62. The predicted molar refractivity (Wildman–Crippen MR) is 84.6 cm³/mol. The molecule has 0 spiro atoms. The fourth-order valence-corrected chi connectivity index (χ4v) is 2.15. The lowest BCUT2D eigenvalue weighted by molar-refractivity contribution is 0.200. The van der Waals surface area contributed by atoms with Crippen LogP contribution in [0.5, 0.6) is 5.75 Å². The molecular formula is C15H24N2OS. The van der Waals surface area contributed by atoms with Gasteiger partial charge in [-0.25, -0.2) is 0 Å². The molecule has 1 atom stereocenters. The summed E-state index contributed by atoms with van der Waals surface area (Å²) in [5.41, 5.74) is 7.66. The van der Waals surface area contributed by atoms with Crippen LogP contribution in [-0.4, -0.2) is 30.1 Å². The normalized spacial score (nSPS) is 12.8. The second-order valence-corrected chi connectivity index (χ2v) is 5.74. The summed E-state index contributed by atoms with van der Waals surface area (Å²) < 4.78 is 5.35. The molecule has 1 aromatic carbocycles. The van der Waals surface area contributed by atoms with E-state index in [1.165, 1.54) is 5.56 Å². The first-order valence-electron chi connectivity index (χ1n) is 6.53. The van der Waals surface area contributed by atoms with Gasteiger partial charge in [-0.1, -0.05) is 32.1 Å². The molecule has 0 saturated carbocycles. The summed E-state index contributed by atoms with van der Waals surface area (Å²) in [7, 11) is 3.78. The smallest absolute Gasteiger partial charge is 0.129 e. The van der Waals surface area contributed by atoms with Gasteiger partial charge in [0.15, 0.2) is 0 Å². The number of nitrogens with two attached hydrogens (primary N) is 1. The van der Waals surface area contributed by atoms with Crippen LogP contribution in [0.4, 0.5) is 0 Å². The zero-order valence-electron chi connectivity index (χ0n) is 12.4. The van der Waals surface area contributed by atoms with E-state index in [1.807, 2.05) is 12.1 Å². The number of rotatable bonds is 6. The molecule has 0 radical (unpaired) electrons. The highest BCUT2D eigenvalue weighted by Gasteiger charge is 2.14. The molecule has 19 heavy (non-hydrogen) atoms. The van der Waals surface area contributed by atoms with Crippen molar-refractivity contribution in [3.8, 4) is 5.75 Å². The summed E-state index contributed by atoms with van der Waals surface area (Å²) >= 11 is 5.01. The molecule has 0 heterocycles. The van der Waals surface area contributed by atoms with Crippen molar-refractivity contribution >= 4 is 17.2 Å². The highest BCUT2D eigenvalue weighted by molar-refractivity contribution is 7.80. The van der Waals surface area contributed by atoms with Gasteiger partial charge in [-0.15, -0.1) is 0 Å². The van der Waals surface area contributed by atoms with Gasteiger partial charge < -0.3 is 10.5 Å². The fraction of sp³-hybridized carbons (Fsp3) is 0.533. The Morgan fingerprint density at radius 3 is 2.47 bits per heavy atom. The summed E-state index contributed by atoms with van der Waals surface area (Å²) in [6, 6.07) is 6.53. The van der Waals surface area contributed by atoms with Crippen molar-refractivity contribution in [3.63, 3.8) is 0 Å². The van der Waals surface area contributed by atoms with Crippen molar-refractivity contribution < 1.29 is 4.74 Å². The maximum atomic E-state index is 5.67. The van der Waals surface area contributed by atoms with E-state index in [1.54, 1.807) is 7.11 Å². The van der Waals surface area contributed by atoms with Gasteiger partial charge in [0, 0.05) is 12.6 Å². The molecule has 0 aliphatic heterocycles. The Hall–Kier alpha value is -1.13. The van der Waals surface area contributed by atoms with E-state index in [-0.39, 0.29) is 0 Å². The van der Waals surface area contributed by atoms with Crippen LogP contribution in [0.25, 0.3) is 0 Å². The summed E-state index contributed by atoms with van der Waals surface area (Å²) in [5, 5.41) is 0. The lowest BCUT2D eigenvalue weighted by Gasteiger charge is -2.28. The maximum Gasteiger partial charge on any atom is 0.129 e. The first-order chi connectivity index (χ1) is 8.86. The average molecular weight is 280 g/mol. The highest BCUT2D eigenvalue weighted by Crippen LogP contribution is 2.22. The zero-order valence-corrected chi connectivity index (χ0v) is 13.3. The Morgan fingerprint density at radius 1 is 1.37 bits per heavy atom. The minimum atomic E-state index is 0.368. The van der Waals surface area contributed by atoms with Crippen LogP contribution in [0.15, 0.2) is 18.2 Å². The van der Waals surface area contributed by atoms with Crippen molar-refractivity contribution in [1.29, 1.82) is 0 Å². The van der Waals surface area contributed by atoms with E-state index in [0.717, 1.165) is 17.9 Å². The van der Waals surface area contributed by atoms with Gasteiger partial charge in [0.25, 0.3) is 0 Å². The number of thiocarbonyl (C=S) groups is 1. The largest absolute Gasteiger partial charge is 0.496 e. The summed E-state index contributed by atoms with van der Waals surface area (Å²) in [5.74, 6) is 1.37. The summed E-state index contributed by atoms with van der Waals surface area (Å²) in [6.45, 7) is 7.59. The second-order valence-electron chi connectivity index (χ2n) is 5.30. The van der Waals surface area contributed by atoms with Gasteiger partial charge in [-0.3, -0.25) is 4.90 Å². The molecule has 0 aliphatic carbocycles. The molecule has 1 aromatic rings. The van der Waals surface area contributed by atoms with Crippen LogP contribution in [0.3, 0.4) is 0 Å². The molecule has 4 heteroatoms. The van der Waals surface area contributed by atoms with E-state index < -0.39 is 0 Å². The molecule has 0 fully saturated rings. The minimum absolute atomic E-state index is 0.368. The molecule has 1 unspecified atom stereocenters. The fourth-order valence-electron chi connectivity index (χ4n) is 1.98. The molecule has 0 aliphatic rings. The van der Waals surface area contributed by atoms with Crippen molar-refractivity contribution in [1.82, 2.24) is 4.90 Å². The third kappa shape index (κ3) is 4.18. The molecule has 3 nitrogen and oxygen atoms in total. The lowest BCUT2D eigenvalue weighted by Crippen LogP contribution is -2.32. The van der Waals surface area contributed by atoms with Crippen molar-refractivity contribution in [2.24, 2.45) is 11.7 Å². The lowest BCUT2D eigenvalue weighted by atomic mass is 10.0. The molecule has 0 saturated heterocycles. The first-order valence-corrected chi connectivity index (χ1v) is 6.94. The Morgan fingerprint density at radius 2 is 2.00 bits per heavy atom. The standard InChI is InChI=1S/C15H24N2OS/c1-10(2)11(3)17(4)9-12-6-7-13(15(16)19)14(8-12)18-5/h6-8,10-11H,9H2,1-5H3,(H2,16,19). The average Bonchev–Trinajstić information content (AvgIpc) is 2.36. The van der Waals surface area contributed by atoms with E-state index in [0.29, 0.717) is 16.9 Å². The molecule has 0 bridgehead atoms. The molecule has 106 valence electrons. The topological polar surface area (TPSA) is 38.5 Å². The van der Waals surface area contributed by atoms with Crippen LogP contribution >= 0.6 is 12.2 Å². The summed E-state index contributed by atoms with van der Waals surface area (Å²) in [6.07, 6.45) is 0. The van der Waals surface area contributed by atoms with Crippen molar-refractivity contribution in [3.05, 3.63) is 29.3 Å². The molecule has 0 aromatic heterocycles. The van der Waals surface area contributed by atoms with E-state index >= 15 is 0 Å². The predicted octanol–water partition coefficient (Wildman–Crippen LogP) is 2.81. The Bertz CT molecular complexity index is 446. The quantitative estimate of drug-likeness (QED) is 0.813. The molecular weight excluding hydrogens is 256 g/mol. The number of hydrogen-bond donors (Lipinski definition) is 1. The SMILES string of the molecule is COc1cc(CN(C)C(C)C(C)C)ccc1C(N)=S. The zero-order chi connectivity index (χ0) is 14.6. The van der Waals surface area contributed by atoms with Crippen molar-refractivity contribution in [2.45, 2.75) is 33.4 Å². The van der Waals surface area contributed by atoms with Gasteiger partial charge in [0.2, 0.25) is 0 Å². The van der Waals surface area contributed by atoms with Crippen LogP contribution in [0, 0.1) is 5.92 Å². The molecule has 0 amide bonds.